The van der Waals surface area contributed by atoms with Gasteiger partial charge >= 0.3 is 0 Å². The monoisotopic (exact) mass is 277 g/mol. The minimum absolute atomic E-state index is 0.187. The molecule has 2 aromatic rings. The zero-order valence-corrected chi connectivity index (χ0v) is 11.5. The zero-order chi connectivity index (χ0) is 12.7. The lowest BCUT2D eigenvalue weighted by Crippen LogP contribution is -2.20. The van der Waals surface area contributed by atoms with Crippen LogP contribution < -0.4 is 0 Å². The zero-order valence-electron chi connectivity index (χ0n) is 9.94. The van der Waals surface area contributed by atoms with Crippen molar-refractivity contribution < 1.29 is 4.79 Å². The highest BCUT2D eigenvalue weighted by Crippen LogP contribution is 2.38. The lowest BCUT2D eigenvalue weighted by Gasteiger charge is -2.23. The Balaban J connectivity index is 2.02. The van der Waals surface area contributed by atoms with Gasteiger partial charge in [0.25, 0.3) is 0 Å². The van der Waals surface area contributed by atoms with Gasteiger partial charge in [0.15, 0.2) is 5.78 Å². The molecule has 0 fully saturated rings. The third-order valence-corrected chi connectivity index (χ3v) is 4.92. The number of pyridine rings is 1. The maximum atomic E-state index is 12.2. The molecule has 1 aliphatic carbocycles. The Morgan fingerprint density at radius 3 is 2.94 bits per heavy atom. The lowest BCUT2D eigenvalue weighted by molar-refractivity contribution is 0.0963. The summed E-state index contributed by atoms with van der Waals surface area (Å²) in [7, 11) is 0. The fourth-order valence-electron chi connectivity index (χ4n) is 2.56. The summed E-state index contributed by atoms with van der Waals surface area (Å²) >= 11 is 7.78. The van der Waals surface area contributed by atoms with Crippen LogP contribution in [0.1, 0.15) is 38.8 Å². The molecule has 0 saturated carbocycles. The molecule has 0 spiro atoms. The Morgan fingerprint density at radius 1 is 1.39 bits per heavy atom. The van der Waals surface area contributed by atoms with Crippen LogP contribution in [0.2, 0.25) is 5.02 Å². The molecule has 92 valence electrons. The fourth-order valence-corrected chi connectivity index (χ4v) is 3.88. The van der Waals surface area contributed by atoms with Crippen molar-refractivity contribution >= 4 is 28.7 Å². The van der Waals surface area contributed by atoms with Gasteiger partial charge in [-0.25, -0.2) is 0 Å². The van der Waals surface area contributed by atoms with Gasteiger partial charge in [-0.2, -0.15) is 0 Å². The number of fused-ring (bicyclic) bond motifs is 1. The molecule has 4 heteroatoms. The van der Waals surface area contributed by atoms with E-state index >= 15 is 0 Å². The Bertz CT molecular complexity index is 620. The number of rotatable bonds is 1. The molecule has 0 radical (unpaired) electrons. The van der Waals surface area contributed by atoms with E-state index in [-0.39, 0.29) is 11.7 Å². The second-order valence-corrected chi connectivity index (χ2v) is 5.97. The van der Waals surface area contributed by atoms with Crippen molar-refractivity contribution in [3.05, 3.63) is 50.4 Å². The summed E-state index contributed by atoms with van der Waals surface area (Å²) in [5, 5.41) is 2.75. The third kappa shape index (κ3) is 1.88. The van der Waals surface area contributed by atoms with Crippen molar-refractivity contribution in [2.75, 3.05) is 0 Å². The predicted octanol–water partition coefficient (Wildman–Crippen LogP) is 4.02. The lowest BCUT2D eigenvalue weighted by atomic mass is 9.83. The summed E-state index contributed by atoms with van der Waals surface area (Å²) in [6.45, 7) is 1.97. The largest absolute Gasteiger partial charge is 0.294 e. The normalized spacial score (nSPS) is 18.8. The first-order valence-electron chi connectivity index (χ1n) is 5.87. The van der Waals surface area contributed by atoms with Crippen LogP contribution in [-0.4, -0.2) is 10.8 Å². The molecular formula is C14H12ClNOS. The van der Waals surface area contributed by atoms with E-state index in [4.69, 9.17) is 11.6 Å². The molecule has 2 nitrogen and oxygen atoms in total. The van der Waals surface area contributed by atoms with Gasteiger partial charge in [-0.15, -0.1) is 11.3 Å². The second-order valence-electron chi connectivity index (χ2n) is 4.61. The summed E-state index contributed by atoms with van der Waals surface area (Å²) in [6.07, 6.45) is 3.13. The summed E-state index contributed by atoms with van der Waals surface area (Å²) in [5.41, 5.74) is 2.77. The maximum absolute atomic E-state index is 12.2. The molecule has 0 unspecified atom stereocenters. The molecule has 1 atom stereocenters. The number of halogens is 1. The number of thiophene rings is 1. The highest BCUT2D eigenvalue weighted by molar-refractivity contribution is 7.10. The molecule has 0 amide bonds. The van der Waals surface area contributed by atoms with Gasteiger partial charge in [-0.1, -0.05) is 11.6 Å². The smallest absolute Gasteiger partial charge is 0.165 e. The standard InChI is InChI=1S/C14H12ClNOS/c1-8-2-4-16-11-6-9(7-12(17)13(8)11)14-10(15)3-5-18-14/h2-5,9H,6-7H2,1H3/t9-/m1/s1. The number of aromatic nitrogens is 1. The van der Waals surface area contributed by atoms with E-state index in [0.717, 1.165) is 33.1 Å². The Kier molecular flexibility index (Phi) is 2.96. The van der Waals surface area contributed by atoms with Crippen molar-refractivity contribution in [3.8, 4) is 0 Å². The molecule has 0 N–H and O–H groups in total. The summed E-state index contributed by atoms with van der Waals surface area (Å²) in [4.78, 5) is 17.7. The maximum Gasteiger partial charge on any atom is 0.165 e. The average Bonchev–Trinajstić information content (AvgIpc) is 2.75. The van der Waals surface area contributed by atoms with Gasteiger partial charge in [0, 0.05) is 29.0 Å². The van der Waals surface area contributed by atoms with Crippen LogP contribution in [0.5, 0.6) is 0 Å². The minimum Gasteiger partial charge on any atom is -0.294 e. The molecule has 0 aromatic carbocycles. The van der Waals surface area contributed by atoms with E-state index in [1.807, 2.05) is 24.4 Å². The van der Waals surface area contributed by atoms with Crippen LogP contribution in [0, 0.1) is 6.92 Å². The number of carbonyl (C=O) groups excluding carboxylic acids is 1. The number of ketones is 1. The Morgan fingerprint density at radius 2 is 2.22 bits per heavy atom. The number of nitrogens with zero attached hydrogens (tertiary/aromatic N) is 1. The van der Waals surface area contributed by atoms with E-state index in [9.17, 15) is 4.79 Å². The average molecular weight is 278 g/mol. The van der Waals surface area contributed by atoms with E-state index in [2.05, 4.69) is 4.98 Å². The van der Waals surface area contributed by atoms with Crippen molar-refractivity contribution in [2.45, 2.75) is 25.7 Å². The van der Waals surface area contributed by atoms with Gasteiger partial charge in [0.2, 0.25) is 0 Å². The molecule has 0 aliphatic heterocycles. The Hall–Kier alpha value is -1.19. The predicted molar refractivity (Wildman–Crippen MR) is 73.7 cm³/mol. The quantitative estimate of drug-likeness (QED) is 0.788. The van der Waals surface area contributed by atoms with Crippen LogP contribution in [0.4, 0.5) is 0 Å². The van der Waals surface area contributed by atoms with Crippen LogP contribution in [0.15, 0.2) is 23.7 Å². The number of hydrogen-bond acceptors (Lipinski definition) is 3. The molecule has 18 heavy (non-hydrogen) atoms. The van der Waals surface area contributed by atoms with Gasteiger partial charge in [-0.05, 0) is 36.4 Å². The van der Waals surface area contributed by atoms with Crippen molar-refractivity contribution in [1.29, 1.82) is 0 Å². The first-order chi connectivity index (χ1) is 8.66. The minimum atomic E-state index is 0.187. The van der Waals surface area contributed by atoms with Crippen LogP contribution in [0.3, 0.4) is 0 Å². The molecule has 0 bridgehead atoms. The van der Waals surface area contributed by atoms with E-state index in [1.54, 1.807) is 17.5 Å². The molecular weight excluding hydrogens is 266 g/mol. The number of carbonyl (C=O) groups is 1. The van der Waals surface area contributed by atoms with Crippen molar-refractivity contribution in [3.63, 3.8) is 0 Å². The number of hydrogen-bond donors (Lipinski definition) is 0. The van der Waals surface area contributed by atoms with Gasteiger partial charge < -0.3 is 0 Å². The molecule has 2 aromatic heterocycles. The summed E-state index contributed by atoms with van der Waals surface area (Å²) in [6, 6.07) is 3.79. The number of aryl methyl sites for hydroxylation is 1. The summed E-state index contributed by atoms with van der Waals surface area (Å²) in [5.74, 6) is 0.378. The van der Waals surface area contributed by atoms with Gasteiger partial charge in [0.1, 0.15) is 0 Å². The second kappa shape index (κ2) is 4.48. The van der Waals surface area contributed by atoms with E-state index in [0.29, 0.717) is 6.42 Å². The van der Waals surface area contributed by atoms with Crippen LogP contribution in [0.25, 0.3) is 0 Å². The van der Waals surface area contributed by atoms with Crippen molar-refractivity contribution in [1.82, 2.24) is 4.98 Å². The fraction of sp³-hybridized carbons (Fsp3) is 0.286. The highest BCUT2D eigenvalue weighted by Gasteiger charge is 2.29. The highest BCUT2D eigenvalue weighted by atomic mass is 35.5. The molecule has 1 aliphatic rings. The number of Topliss-reactive ketones (excluding diaryl/α,β-unsaturated/α-hetero) is 1. The van der Waals surface area contributed by atoms with Gasteiger partial charge in [0.05, 0.1) is 10.7 Å². The van der Waals surface area contributed by atoms with Gasteiger partial charge in [-0.3, -0.25) is 9.78 Å². The first kappa shape index (κ1) is 11.9. The third-order valence-electron chi connectivity index (χ3n) is 3.40. The van der Waals surface area contributed by atoms with E-state index in [1.165, 1.54) is 0 Å². The molecule has 3 rings (SSSR count). The summed E-state index contributed by atoms with van der Waals surface area (Å²) < 4.78 is 0. The molecule has 0 saturated heterocycles. The van der Waals surface area contributed by atoms with E-state index < -0.39 is 0 Å². The Labute approximate surface area is 115 Å². The SMILES string of the molecule is Cc1ccnc2c1C(=O)C[C@H](c1sccc1Cl)C2. The topological polar surface area (TPSA) is 30.0 Å². The first-order valence-corrected chi connectivity index (χ1v) is 7.13. The van der Waals surface area contributed by atoms with Crippen LogP contribution in [-0.2, 0) is 6.42 Å². The van der Waals surface area contributed by atoms with Crippen molar-refractivity contribution in [2.24, 2.45) is 0 Å². The van der Waals surface area contributed by atoms with Crippen LogP contribution >= 0.6 is 22.9 Å². The molecule has 2 heterocycles.